The Morgan fingerprint density at radius 3 is 2.94 bits per heavy atom. The van der Waals surface area contributed by atoms with Crippen LogP contribution in [0.4, 0.5) is 0 Å². The van der Waals surface area contributed by atoms with E-state index in [9.17, 15) is 4.79 Å². The third-order valence-corrected chi connectivity index (χ3v) is 4.02. The van der Waals surface area contributed by atoms with Crippen molar-refractivity contribution in [1.82, 2.24) is 0 Å². The maximum Gasteiger partial charge on any atom is 0.156 e. The van der Waals surface area contributed by atoms with Crippen molar-refractivity contribution >= 4 is 5.78 Å². The molecule has 1 unspecified atom stereocenters. The molecule has 2 aliphatic carbocycles. The van der Waals surface area contributed by atoms with Crippen LogP contribution in [-0.2, 0) is 9.63 Å². The second-order valence-corrected chi connectivity index (χ2v) is 5.41. The average Bonchev–Trinajstić information content (AvgIpc) is 2.38. The first-order valence-electron chi connectivity index (χ1n) is 7.01. The van der Waals surface area contributed by atoms with Crippen molar-refractivity contribution in [1.29, 1.82) is 0 Å². The summed E-state index contributed by atoms with van der Waals surface area (Å²) < 4.78 is 0. The van der Waals surface area contributed by atoms with Crippen LogP contribution in [0.3, 0.4) is 0 Å². The number of fused-ring (bicyclic) bond motifs is 1. The van der Waals surface area contributed by atoms with Gasteiger partial charge in [0.05, 0.1) is 6.10 Å². The molecule has 0 spiro atoms. The summed E-state index contributed by atoms with van der Waals surface area (Å²) >= 11 is 0. The van der Waals surface area contributed by atoms with Crippen LogP contribution in [0.2, 0.25) is 0 Å². The predicted octanol–water partition coefficient (Wildman–Crippen LogP) is 3.21. The van der Waals surface area contributed by atoms with Crippen LogP contribution >= 0.6 is 0 Å². The average molecular weight is 249 g/mol. The zero-order valence-electron chi connectivity index (χ0n) is 11.2. The van der Waals surface area contributed by atoms with Crippen molar-refractivity contribution < 1.29 is 9.63 Å². The Labute approximate surface area is 109 Å². The molecule has 0 saturated carbocycles. The van der Waals surface area contributed by atoms with E-state index in [1.165, 1.54) is 24.0 Å². The van der Waals surface area contributed by atoms with Gasteiger partial charge in [-0.1, -0.05) is 5.57 Å². The highest BCUT2D eigenvalue weighted by Crippen LogP contribution is 2.37. The number of hydrogen-bond acceptors (Lipinski definition) is 3. The van der Waals surface area contributed by atoms with Gasteiger partial charge in [-0.05, 0) is 69.1 Å². The molecule has 2 N–H and O–H groups in total. The van der Waals surface area contributed by atoms with Gasteiger partial charge in [0.1, 0.15) is 0 Å². The normalized spacial score (nSPS) is 21.7. The molecule has 0 radical (unpaired) electrons. The maximum absolute atomic E-state index is 11.4. The second-order valence-electron chi connectivity index (χ2n) is 5.41. The molecule has 0 aliphatic heterocycles. The molecule has 0 fully saturated rings. The Morgan fingerprint density at radius 1 is 1.33 bits per heavy atom. The van der Waals surface area contributed by atoms with Gasteiger partial charge in [-0.25, -0.2) is 5.90 Å². The van der Waals surface area contributed by atoms with Gasteiger partial charge in [0.25, 0.3) is 0 Å². The van der Waals surface area contributed by atoms with Gasteiger partial charge in [-0.15, -0.1) is 0 Å². The molecule has 0 heterocycles. The summed E-state index contributed by atoms with van der Waals surface area (Å²) in [6, 6.07) is 0. The van der Waals surface area contributed by atoms with E-state index in [0.717, 1.165) is 32.1 Å². The lowest BCUT2D eigenvalue weighted by Crippen LogP contribution is -2.14. The summed E-state index contributed by atoms with van der Waals surface area (Å²) in [5.41, 5.74) is 4.38. The van der Waals surface area contributed by atoms with Crippen molar-refractivity contribution in [2.45, 2.75) is 64.4 Å². The quantitative estimate of drug-likeness (QED) is 0.761. The number of rotatable bonds is 5. The SMILES string of the molecule is CC(CCCC1=C2CCC(=O)C=C2CCC1)ON. The summed E-state index contributed by atoms with van der Waals surface area (Å²) in [5, 5.41) is 0. The lowest BCUT2D eigenvalue weighted by atomic mass is 9.79. The first-order valence-corrected chi connectivity index (χ1v) is 7.01. The van der Waals surface area contributed by atoms with E-state index in [2.05, 4.69) is 0 Å². The lowest BCUT2D eigenvalue weighted by molar-refractivity contribution is -0.114. The van der Waals surface area contributed by atoms with Gasteiger partial charge in [0, 0.05) is 6.42 Å². The van der Waals surface area contributed by atoms with Crippen LogP contribution in [0, 0.1) is 0 Å². The van der Waals surface area contributed by atoms with Crippen LogP contribution in [0.25, 0.3) is 0 Å². The predicted molar refractivity (Wildman–Crippen MR) is 71.8 cm³/mol. The number of carbonyl (C=O) groups excluding carboxylic acids is 1. The number of ketones is 1. The molecule has 0 aromatic carbocycles. The van der Waals surface area contributed by atoms with Crippen molar-refractivity contribution in [3.8, 4) is 0 Å². The first kappa shape index (κ1) is 13.5. The Bertz CT molecular complexity index is 382. The molecule has 100 valence electrons. The Morgan fingerprint density at radius 2 is 2.17 bits per heavy atom. The van der Waals surface area contributed by atoms with Crippen molar-refractivity contribution in [2.75, 3.05) is 0 Å². The molecule has 2 aliphatic rings. The molecular weight excluding hydrogens is 226 g/mol. The summed E-state index contributed by atoms with van der Waals surface area (Å²) in [4.78, 5) is 16.2. The van der Waals surface area contributed by atoms with Crippen LogP contribution < -0.4 is 5.90 Å². The smallest absolute Gasteiger partial charge is 0.156 e. The highest BCUT2D eigenvalue weighted by Gasteiger charge is 2.21. The lowest BCUT2D eigenvalue weighted by Gasteiger charge is -2.26. The Hall–Kier alpha value is -0.930. The van der Waals surface area contributed by atoms with E-state index in [-0.39, 0.29) is 6.10 Å². The molecule has 3 heteroatoms. The van der Waals surface area contributed by atoms with Gasteiger partial charge in [-0.2, -0.15) is 0 Å². The van der Waals surface area contributed by atoms with E-state index >= 15 is 0 Å². The van der Waals surface area contributed by atoms with Crippen molar-refractivity contribution in [3.63, 3.8) is 0 Å². The fourth-order valence-corrected chi connectivity index (χ4v) is 2.98. The number of nitrogens with two attached hydrogens (primary N) is 1. The standard InChI is InChI=1S/C15H23NO2/c1-11(18-16)4-2-5-12-6-3-7-13-10-14(17)8-9-15(12)13/h10-11H,2-9,16H2,1H3. The van der Waals surface area contributed by atoms with E-state index < -0.39 is 0 Å². The molecule has 1 atom stereocenters. The minimum atomic E-state index is 0.141. The molecule has 0 aromatic rings. The third kappa shape index (κ3) is 3.30. The summed E-state index contributed by atoms with van der Waals surface area (Å²) in [7, 11) is 0. The highest BCUT2D eigenvalue weighted by atomic mass is 16.6. The van der Waals surface area contributed by atoms with Gasteiger partial charge < -0.3 is 4.84 Å². The molecule has 0 amide bonds. The van der Waals surface area contributed by atoms with Gasteiger partial charge in [0.2, 0.25) is 0 Å². The van der Waals surface area contributed by atoms with Crippen LogP contribution in [0.5, 0.6) is 0 Å². The van der Waals surface area contributed by atoms with Crippen molar-refractivity contribution in [3.05, 3.63) is 22.8 Å². The molecule has 0 aromatic heterocycles. The molecule has 3 nitrogen and oxygen atoms in total. The monoisotopic (exact) mass is 249 g/mol. The fraction of sp³-hybridized carbons (Fsp3) is 0.667. The van der Waals surface area contributed by atoms with E-state index in [1.54, 1.807) is 5.57 Å². The van der Waals surface area contributed by atoms with Gasteiger partial charge in [0.15, 0.2) is 5.78 Å². The topological polar surface area (TPSA) is 52.3 Å². The molecule has 18 heavy (non-hydrogen) atoms. The minimum absolute atomic E-state index is 0.141. The largest absolute Gasteiger partial charge is 0.302 e. The Kier molecular flexibility index (Phi) is 4.72. The van der Waals surface area contributed by atoms with Gasteiger partial charge >= 0.3 is 0 Å². The zero-order chi connectivity index (χ0) is 13.0. The number of carbonyl (C=O) groups is 1. The number of hydrogen-bond donors (Lipinski definition) is 1. The second kappa shape index (κ2) is 6.30. The minimum Gasteiger partial charge on any atom is -0.302 e. The Balaban J connectivity index is 1.98. The number of allylic oxidation sites excluding steroid dienone is 4. The van der Waals surface area contributed by atoms with Crippen molar-refractivity contribution in [2.24, 2.45) is 5.90 Å². The van der Waals surface area contributed by atoms with Crippen LogP contribution in [0.15, 0.2) is 22.8 Å². The van der Waals surface area contributed by atoms with Crippen LogP contribution in [-0.4, -0.2) is 11.9 Å². The molecular formula is C15H23NO2. The summed E-state index contributed by atoms with van der Waals surface area (Å²) in [6.07, 6.45) is 10.4. The molecule has 2 rings (SSSR count). The van der Waals surface area contributed by atoms with E-state index in [1.807, 2.05) is 13.0 Å². The summed E-state index contributed by atoms with van der Waals surface area (Å²) in [6.45, 7) is 2.00. The van der Waals surface area contributed by atoms with Crippen LogP contribution in [0.1, 0.15) is 58.3 Å². The van der Waals surface area contributed by atoms with E-state index in [4.69, 9.17) is 10.7 Å². The maximum atomic E-state index is 11.4. The summed E-state index contributed by atoms with van der Waals surface area (Å²) in [5.74, 6) is 5.46. The first-order chi connectivity index (χ1) is 8.70. The molecule has 0 bridgehead atoms. The molecule has 0 saturated heterocycles. The van der Waals surface area contributed by atoms with Gasteiger partial charge in [-0.3, -0.25) is 4.79 Å². The highest BCUT2D eigenvalue weighted by molar-refractivity contribution is 5.93. The zero-order valence-corrected chi connectivity index (χ0v) is 11.2. The third-order valence-electron chi connectivity index (χ3n) is 4.02. The fourth-order valence-electron chi connectivity index (χ4n) is 2.98. The van der Waals surface area contributed by atoms with E-state index in [0.29, 0.717) is 12.2 Å².